The molecule has 1 aliphatic carbocycles. The second-order valence-corrected chi connectivity index (χ2v) is 10.5. The zero-order valence-electron chi connectivity index (χ0n) is 23.0. The molecule has 6 rings (SSSR count). The quantitative estimate of drug-likeness (QED) is 0.233. The smallest absolute Gasteiger partial charge is 0.247 e. The largest absolute Gasteiger partial charge is 0.457 e. The summed E-state index contributed by atoms with van der Waals surface area (Å²) in [5.41, 5.74) is 9.58. The van der Waals surface area contributed by atoms with Gasteiger partial charge in [-0.1, -0.05) is 42.8 Å². The lowest BCUT2D eigenvalue weighted by Gasteiger charge is -2.24. The number of nitrogens with one attached hydrogen (secondary N) is 1. The first-order valence-corrected chi connectivity index (χ1v) is 13.7. The van der Waals surface area contributed by atoms with Crippen molar-refractivity contribution in [2.45, 2.75) is 6.04 Å². The van der Waals surface area contributed by atoms with Gasteiger partial charge in [0.15, 0.2) is 0 Å². The summed E-state index contributed by atoms with van der Waals surface area (Å²) < 4.78 is 7.90. The van der Waals surface area contributed by atoms with Crippen LogP contribution in [-0.2, 0) is 16.6 Å². The summed E-state index contributed by atoms with van der Waals surface area (Å²) >= 11 is 0. The summed E-state index contributed by atoms with van der Waals surface area (Å²) in [6.07, 6.45) is 2.53. The van der Waals surface area contributed by atoms with E-state index in [9.17, 15) is 14.7 Å². The number of hydrogen-bond acceptors (Lipinski definition) is 7. The van der Waals surface area contributed by atoms with Crippen LogP contribution in [0.1, 0.15) is 5.69 Å². The predicted octanol–water partition coefficient (Wildman–Crippen LogP) is 2.73. The van der Waals surface area contributed by atoms with E-state index in [0.29, 0.717) is 30.3 Å². The molecular weight excluding hydrogens is 532 g/mol. The monoisotopic (exact) mass is 562 g/mol. The highest BCUT2D eigenvalue weighted by atomic mass is 16.5. The first-order chi connectivity index (χ1) is 20.4. The van der Waals surface area contributed by atoms with Crippen molar-refractivity contribution in [2.75, 3.05) is 25.4 Å². The lowest BCUT2D eigenvalue weighted by molar-refractivity contribution is -0.136. The number of nitrogens with zero attached hydrogens (tertiary/aromatic N) is 4. The van der Waals surface area contributed by atoms with Gasteiger partial charge in [0, 0.05) is 31.6 Å². The Bertz CT molecular complexity index is 1730. The minimum Gasteiger partial charge on any atom is -0.457 e. The van der Waals surface area contributed by atoms with Crippen LogP contribution in [-0.4, -0.2) is 62.1 Å². The number of likely N-dealkylation sites (tertiary alicyclic amines) is 1. The fraction of sp³-hybridized carbons (Fsp3) is 0.250. The van der Waals surface area contributed by atoms with E-state index in [-0.39, 0.29) is 23.7 Å². The molecule has 3 heterocycles. The van der Waals surface area contributed by atoms with Gasteiger partial charge in [0.05, 0.1) is 12.0 Å². The molecule has 2 aromatic carbocycles. The molecule has 4 N–H and O–H groups in total. The molecule has 2 amide bonds. The third-order valence-electron chi connectivity index (χ3n) is 7.96. The Balaban J connectivity index is 1.24. The first kappa shape index (κ1) is 27.1. The van der Waals surface area contributed by atoms with Gasteiger partial charge in [-0.3, -0.25) is 9.59 Å². The molecule has 2 aromatic heterocycles. The second kappa shape index (κ2) is 11.0. The zero-order valence-corrected chi connectivity index (χ0v) is 23.0. The van der Waals surface area contributed by atoms with Crippen LogP contribution in [0, 0.1) is 29.6 Å². The van der Waals surface area contributed by atoms with Crippen molar-refractivity contribution in [3.63, 3.8) is 0 Å². The average Bonchev–Trinajstić information content (AvgIpc) is 3.31. The molecule has 0 bridgehead atoms. The van der Waals surface area contributed by atoms with Gasteiger partial charge in [0.2, 0.25) is 11.8 Å². The van der Waals surface area contributed by atoms with E-state index in [1.807, 2.05) is 66.2 Å². The number of carbonyl (C=O) groups is 2. The number of anilines is 1. The number of benzene rings is 2. The molecule has 42 heavy (non-hydrogen) atoms. The number of fused-ring (bicyclic) bond motifs is 2. The molecular formula is C32H30N6O4. The van der Waals surface area contributed by atoms with E-state index >= 15 is 0 Å². The van der Waals surface area contributed by atoms with Gasteiger partial charge in [0.25, 0.3) is 0 Å². The molecule has 1 saturated heterocycles. The Morgan fingerprint density at radius 3 is 2.50 bits per heavy atom. The van der Waals surface area contributed by atoms with E-state index in [1.54, 1.807) is 4.90 Å². The van der Waals surface area contributed by atoms with Crippen molar-refractivity contribution in [1.82, 2.24) is 24.8 Å². The van der Waals surface area contributed by atoms with Crippen LogP contribution in [0.4, 0.5) is 5.82 Å². The molecule has 0 spiro atoms. The van der Waals surface area contributed by atoms with Gasteiger partial charge in [-0.15, -0.1) is 0 Å². The molecule has 4 atom stereocenters. The predicted molar refractivity (Wildman–Crippen MR) is 158 cm³/mol. The lowest BCUT2D eigenvalue weighted by atomic mass is 10.0. The Morgan fingerprint density at radius 1 is 1.14 bits per heavy atom. The summed E-state index contributed by atoms with van der Waals surface area (Å²) in [7, 11) is 1.91. The highest BCUT2D eigenvalue weighted by Crippen LogP contribution is 2.51. The van der Waals surface area contributed by atoms with Crippen molar-refractivity contribution in [3.8, 4) is 34.5 Å². The average molecular weight is 563 g/mol. The maximum absolute atomic E-state index is 12.8. The zero-order chi connectivity index (χ0) is 29.4. The number of aliphatic hydroxyl groups excluding tert-OH is 1. The third-order valence-corrected chi connectivity index (χ3v) is 7.96. The fourth-order valence-electron chi connectivity index (χ4n) is 5.73. The summed E-state index contributed by atoms with van der Waals surface area (Å²) in [5.74, 6) is 8.51. The summed E-state index contributed by atoms with van der Waals surface area (Å²) in [5, 5.41) is 12.8. The minimum absolute atomic E-state index is 0.139. The van der Waals surface area contributed by atoms with Gasteiger partial charge in [-0.05, 0) is 53.7 Å². The van der Waals surface area contributed by atoms with Crippen molar-refractivity contribution in [2.24, 2.45) is 24.8 Å². The van der Waals surface area contributed by atoms with Crippen molar-refractivity contribution in [3.05, 3.63) is 79.3 Å². The fourth-order valence-corrected chi connectivity index (χ4v) is 5.73. The van der Waals surface area contributed by atoms with Crippen molar-refractivity contribution < 1.29 is 19.4 Å². The maximum atomic E-state index is 12.8. The number of rotatable bonds is 7. The Hall–Kier alpha value is -5.14. The van der Waals surface area contributed by atoms with E-state index in [1.165, 1.54) is 6.33 Å². The first-order valence-electron chi connectivity index (χ1n) is 13.7. The van der Waals surface area contributed by atoms with Crippen molar-refractivity contribution in [1.29, 1.82) is 0 Å². The number of piperidine rings is 1. The normalized spacial score (nSPS) is 19.4. The number of nitrogen functional groups attached to an aromatic ring is 1. The molecule has 10 heteroatoms. The number of ether oxygens (including phenoxy) is 1. The Labute approximate surface area is 242 Å². The van der Waals surface area contributed by atoms with Crippen LogP contribution in [0.15, 0.2) is 73.6 Å². The number of carbonyl (C=O) groups excluding carboxylic acids is 2. The van der Waals surface area contributed by atoms with Crippen LogP contribution in [0.25, 0.3) is 22.2 Å². The number of hydrogen-bond donors (Lipinski definition) is 3. The van der Waals surface area contributed by atoms with Crippen LogP contribution in [0.3, 0.4) is 0 Å². The molecule has 1 unspecified atom stereocenters. The number of aromatic nitrogens is 3. The summed E-state index contributed by atoms with van der Waals surface area (Å²) in [6.45, 7) is 3.99. The third kappa shape index (κ3) is 4.95. The van der Waals surface area contributed by atoms with Gasteiger partial charge < -0.3 is 30.4 Å². The van der Waals surface area contributed by atoms with Gasteiger partial charge in [-0.25, -0.2) is 9.97 Å². The van der Waals surface area contributed by atoms with Gasteiger partial charge >= 0.3 is 0 Å². The standard InChI is InChI=1S/C32H30N6O4/c1-3-27(40)36-25(17-39)32(41)38-15-23-22(24(23)16-38)13-14-26-28(29-30(33)34-18-35-31(29)37(26)2)19-9-11-21(12-10-19)42-20-7-5-4-6-8-20/h3-12,18,22-25,39H,1,15-17H2,2H3,(H,36,40)(H2,33,34,35)/t22?,23-,24+,25-/m0/s1. The van der Waals surface area contributed by atoms with E-state index in [2.05, 4.69) is 33.7 Å². The van der Waals surface area contributed by atoms with Gasteiger partial charge in [0.1, 0.15) is 41.0 Å². The maximum Gasteiger partial charge on any atom is 0.247 e. The van der Waals surface area contributed by atoms with Crippen LogP contribution in [0.5, 0.6) is 11.5 Å². The number of para-hydroxylation sites is 1. The molecule has 2 aliphatic rings. The highest BCUT2D eigenvalue weighted by Gasteiger charge is 2.56. The highest BCUT2D eigenvalue weighted by molar-refractivity contribution is 6.03. The molecule has 4 aromatic rings. The number of aryl methyl sites for hydroxylation is 1. The Morgan fingerprint density at radius 2 is 1.83 bits per heavy atom. The van der Waals surface area contributed by atoms with E-state index < -0.39 is 18.6 Å². The molecule has 212 valence electrons. The number of aliphatic hydroxyl groups is 1. The molecule has 10 nitrogen and oxygen atoms in total. The van der Waals surface area contributed by atoms with Crippen molar-refractivity contribution >= 4 is 28.7 Å². The van der Waals surface area contributed by atoms with Crippen LogP contribution < -0.4 is 15.8 Å². The topological polar surface area (TPSA) is 136 Å². The lowest BCUT2D eigenvalue weighted by Crippen LogP contribution is -2.50. The number of nitrogens with two attached hydrogens (primary N) is 1. The van der Waals surface area contributed by atoms with E-state index in [4.69, 9.17) is 10.5 Å². The van der Waals surface area contributed by atoms with Gasteiger partial charge in [-0.2, -0.15) is 0 Å². The van der Waals surface area contributed by atoms with Crippen LogP contribution in [0.2, 0.25) is 0 Å². The molecule has 2 fully saturated rings. The number of amides is 2. The Kier molecular flexibility index (Phi) is 7.10. The van der Waals surface area contributed by atoms with Crippen LogP contribution >= 0.6 is 0 Å². The molecule has 1 aliphatic heterocycles. The SMILES string of the molecule is C=CC(=O)N[C@@H](CO)C(=O)N1C[C@@H]2C(C#Cc3c(-c4ccc(Oc5ccccc5)cc4)c4c(N)ncnc4n3C)[C@@H]2C1. The second-order valence-electron chi connectivity index (χ2n) is 10.5. The van der Waals surface area contributed by atoms with E-state index in [0.717, 1.165) is 34.0 Å². The molecule has 1 saturated carbocycles. The minimum atomic E-state index is -0.980. The summed E-state index contributed by atoms with van der Waals surface area (Å²) in [6, 6.07) is 16.4. The summed E-state index contributed by atoms with van der Waals surface area (Å²) in [4.78, 5) is 34.9. The molecule has 0 radical (unpaired) electrons.